The van der Waals surface area contributed by atoms with Crippen molar-refractivity contribution in [2.24, 2.45) is 4.99 Å². The van der Waals surface area contributed by atoms with Crippen molar-refractivity contribution in [3.63, 3.8) is 0 Å². The van der Waals surface area contributed by atoms with E-state index in [0.717, 1.165) is 25.7 Å². The van der Waals surface area contributed by atoms with E-state index in [1.807, 2.05) is 20.8 Å². The lowest BCUT2D eigenvalue weighted by Gasteiger charge is -2.30. The van der Waals surface area contributed by atoms with E-state index in [1.54, 1.807) is 7.05 Å². The zero-order valence-corrected chi connectivity index (χ0v) is 20.3. The number of halogens is 1. The third-order valence-corrected chi connectivity index (χ3v) is 8.36. The quantitative estimate of drug-likeness (QED) is 0.272. The second-order valence-electron chi connectivity index (χ2n) is 6.20. The van der Waals surface area contributed by atoms with Crippen molar-refractivity contribution in [2.75, 3.05) is 38.2 Å². The molecule has 0 heterocycles. The summed E-state index contributed by atoms with van der Waals surface area (Å²) in [7, 11) is -2.32. The molecule has 0 amide bonds. The molecular formula is C16H35IN4O3S2. The fourth-order valence-electron chi connectivity index (χ4n) is 3.18. The molecule has 156 valence electrons. The highest BCUT2D eigenvalue weighted by Crippen LogP contribution is 2.22. The Morgan fingerprint density at radius 3 is 2.42 bits per heavy atom. The molecule has 1 rings (SSSR count). The molecule has 10 heteroatoms. The van der Waals surface area contributed by atoms with Crippen LogP contribution in [0.4, 0.5) is 0 Å². The molecule has 1 saturated carbocycles. The zero-order chi connectivity index (χ0) is 18.9. The summed E-state index contributed by atoms with van der Waals surface area (Å²) in [6.07, 6.45) is 3.98. The van der Waals surface area contributed by atoms with E-state index in [0.29, 0.717) is 31.3 Å². The summed E-state index contributed by atoms with van der Waals surface area (Å²) in [5, 5.41) is 6.69. The number of sulfonamides is 1. The van der Waals surface area contributed by atoms with Crippen molar-refractivity contribution in [3.8, 4) is 0 Å². The molecular weight excluding hydrogens is 487 g/mol. The highest BCUT2D eigenvalue weighted by atomic mass is 127. The number of hydrogen-bond acceptors (Lipinski definition) is 4. The monoisotopic (exact) mass is 522 g/mol. The lowest BCUT2D eigenvalue weighted by atomic mass is 9.95. The van der Waals surface area contributed by atoms with Crippen LogP contribution in [0.1, 0.15) is 46.5 Å². The van der Waals surface area contributed by atoms with E-state index in [-0.39, 0.29) is 41.0 Å². The molecule has 0 aliphatic heterocycles. The van der Waals surface area contributed by atoms with Gasteiger partial charge in [0.15, 0.2) is 5.96 Å². The molecule has 0 aromatic rings. The van der Waals surface area contributed by atoms with Crippen molar-refractivity contribution in [2.45, 2.75) is 57.7 Å². The summed E-state index contributed by atoms with van der Waals surface area (Å²) in [5.41, 5.74) is 0. The van der Waals surface area contributed by atoms with Gasteiger partial charge in [-0.25, -0.2) is 12.7 Å². The van der Waals surface area contributed by atoms with Gasteiger partial charge in [0, 0.05) is 54.5 Å². The number of guanidine groups is 1. The van der Waals surface area contributed by atoms with Gasteiger partial charge in [-0.05, 0) is 19.3 Å². The SMILES string of the molecule is CCN(CC)S(=O)(=O)CCNC(=NC)NC1CCCC(S(=O)CC)C1.I. The van der Waals surface area contributed by atoms with E-state index in [4.69, 9.17) is 0 Å². The highest BCUT2D eigenvalue weighted by Gasteiger charge is 2.26. The van der Waals surface area contributed by atoms with Crippen LogP contribution >= 0.6 is 24.0 Å². The Morgan fingerprint density at radius 2 is 1.88 bits per heavy atom. The first-order valence-corrected chi connectivity index (χ1v) is 12.2. The smallest absolute Gasteiger partial charge is 0.215 e. The summed E-state index contributed by atoms with van der Waals surface area (Å²) in [4.78, 5) is 4.19. The molecule has 3 unspecified atom stereocenters. The van der Waals surface area contributed by atoms with E-state index in [2.05, 4.69) is 15.6 Å². The van der Waals surface area contributed by atoms with Gasteiger partial charge in [-0.15, -0.1) is 24.0 Å². The topological polar surface area (TPSA) is 90.9 Å². The number of hydrogen-bond donors (Lipinski definition) is 2. The first-order chi connectivity index (χ1) is 11.9. The van der Waals surface area contributed by atoms with Gasteiger partial charge in [0.25, 0.3) is 0 Å². The molecule has 2 N–H and O–H groups in total. The second-order valence-corrected chi connectivity index (χ2v) is 10.3. The average molecular weight is 523 g/mol. The molecule has 0 radical (unpaired) electrons. The molecule has 0 spiro atoms. The van der Waals surface area contributed by atoms with E-state index in [9.17, 15) is 12.6 Å². The molecule has 3 atom stereocenters. The van der Waals surface area contributed by atoms with E-state index >= 15 is 0 Å². The number of rotatable bonds is 9. The number of nitrogens with one attached hydrogen (secondary N) is 2. The predicted octanol–water partition coefficient (Wildman–Crippen LogP) is 1.52. The summed E-state index contributed by atoms with van der Waals surface area (Å²) < 4.78 is 37.9. The number of nitrogens with zero attached hydrogens (tertiary/aromatic N) is 2. The molecule has 26 heavy (non-hydrogen) atoms. The van der Waals surface area contributed by atoms with Crippen molar-refractivity contribution < 1.29 is 12.6 Å². The van der Waals surface area contributed by atoms with Gasteiger partial charge < -0.3 is 10.6 Å². The maximum atomic E-state index is 12.2. The molecule has 7 nitrogen and oxygen atoms in total. The van der Waals surface area contributed by atoms with Crippen molar-refractivity contribution in [3.05, 3.63) is 0 Å². The molecule has 1 fully saturated rings. The Morgan fingerprint density at radius 1 is 1.23 bits per heavy atom. The van der Waals surface area contributed by atoms with Gasteiger partial charge in [-0.3, -0.25) is 9.20 Å². The molecule has 1 aliphatic rings. The largest absolute Gasteiger partial charge is 0.355 e. The first kappa shape index (κ1) is 26.1. The van der Waals surface area contributed by atoms with Gasteiger partial charge in [-0.1, -0.05) is 27.2 Å². The summed E-state index contributed by atoms with van der Waals surface area (Å²) in [6, 6.07) is 0.236. The minimum absolute atomic E-state index is 0. The number of aliphatic imine (C=N–C) groups is 1. The Labute approximate surface area is 178 Å². The van der Waals surface area contributed by atoms with Crippen LogP contribution in [0, 0.1) is 0 Å². The van der Waals surface area contributed by atoms with Gasteiger partial charge >= 0.3 is 0 Å². The van der Waals surface area contributed by atoms with E-state index < -0.39 is 20.8 Å². The van der Waals surface area contributed by atoms with Gasteiger partial charge in [0.1, 0.15) is 0 Å². The Hall–Kier alpha value is 0.0600. The van der Waals surface area contributed by atoms with Crippen LogP contribution in [0.3, 0.4) is 0 Å². The Bertz CT molecular complexity index is 554. The highest BCUT2D eigenvalue weighted by molar-refractivity contribution is 14.0. The third-order valence-electron chi connectivity index (χ3n) is 4.60. The molecule has 0 bridgehead atoms. The molecule has 0 saturated heterocycles. The first-order valence-electron chi connectivity index (χ1n) is 9.20. The molecule has 0 aromatic heterocycles. The average Bonchev–Trinajstić information content (AvgIpc) is 2.61. The van der Waals surface area contributed by atoms with Gasteiger partial charge in [0.05, 0.1) is 5.75 Å². The summed E-state index contributed by atoms with van der Waals surface area (Å²) >= 11 is 0. The normalized spacial score (nSPS) is 22.6. The maximum absolute atomic E-state index is 12.2. The van der Waals surface area contributed by atoms with Crippen LogP contribution in [-0.2, 0) is 20.8 Å². The maximum Gasteiger partial charge on any atom is 0.215 e. The van der Waals surface area contributed by atoms with E-state index in [1.165, 1.54) is 4.31 Å². The molecule has 1 aliphatic carbocycles. The van der Waals surface area contributed by atoms with Crippen LogP contribution < -0.4 is 10.6 Å². The van der Waals surface area contributed by atoms with Crippen LogP contribution in [-0.4, -0.2) is 72.4 Å². The molecule has 0 aromatic carbocycles. The lowest BCUT2D eigenvalue weighted by Crippen LogP contribution is -2.48. The van der Waals surface area contributed by atoms with Crippen LogP contribution in [0.5, 0.6) is 0 Å². The standard InChI is InChI=1S/C16H34N4O3S2.HI/c1-5-20(6-2)25(22,23)12-11-18-16(17-4)19-14-9-8-10-15(13-14)24(21)7-3;/h14-15H,5-13H2,1-4H3,(H2,17,18,19);1H. The Kier molecular flexibility index (Phi) is 13.3. The van der Waals surface area contributed by atoms with Crippen LogP contribution in [0.15, 0.2) is 4.99 Å². The second kappa shape index (κ2) is 13.3. The third kappa shape index (κ3) is 8.39. The van der Waals surface area contributed by atoms with Crippen LogP contribution in [0.25, 0.3) is 0 Å². The zero-order valence-electron chi connectivity index (χ0n) is 16.4. The van der Waals surface area contributed by atoms with Crippen molar-refractivity contribution in [1.82, 2.24) is 14.9 Å². The van der Waals surface area contributed by atoms with Gasteiger partial charge in [-0.2, -0.15) is 0 Å². The Balaban J connectivity index is 0.00000625. The van der Waals surface area contributed by atoms with Crippen molar-refractivity contribution in [1.29, 1.82) is 0 Å². The van der Waals surface area contributed by atoms with Crippen molar-refractivity contribution >= 4 is 50.8 Å². The predicted molar refractivity (Wildman–Crippen MR) is 121 cm³/mol. The fourth-order valence-corrected chi connectivity index (χ4v) is 5.94. The van der Waals surface area contributed by atoms with Crippen LogP contribution in [0.2, 0.25) is 0 Å². The summed E-state index contributed by atoms with van der Waals surface area (Å²) in [6.45, 7) is 6.94. The summed E-state index contributed by atoms with van der Waals surface area (Å²) in [5.74, 6) is 1.36. The fraction of sp³-hybridized carbons (Fsp3) is 0.938. The minimum atomic E-state index is -3.24. The van der Waals surface area contributed by atoms with Gasteiger partial charge in [0.2, 0.25) is 10.0 Å². The lowest BCUT2D eigenvalue weighted by molar-refractivity contribution is 0.413. The minimum Gasteiger partial charge on any atom is -0.355 e.